The summed E-state index contributed by atoms with van der Waals surface area (Å²) in [5.41, 5.74) is 9.51. The summed E-state index contributed by atoms with van der Waals surface area (Å²) >= 11 is 0. The smallest absolute Gasteiger partial charge is 0.387 e. The Balaban J connectivity index is 2.14. The lowest BCUT2D eigenvalue weighted by Crippen LogP contribution is -2.09. The lowest BCUT2D eigenvalue weighted by atomic mass is 10.1. The first-order valence-corrected chi connectivity index (χ1v) is 10.4. The number of nitrogen functional groups attached to an aromatic ring is 1. The zero-order valence-electron chi connectivity index (χ0n) is 15.6. The van der Waals surface area contributed by atoms with Crippen LogP contribution >= 0.6 is 0 Å². The van der Waals surface area contributed by atoms with E-state index in [2.05, 4.69) is 9.46 Å². The summed E-state index contributed by atoms with van der Waals surface area (Å²) in [4.78, 5) is 0. The molecule has 0 amide bonds. The van der Waals surface area contributed by atoms with Crippen LogP contribution in [0.5, 0.6) is 5.75 Å². The second kappa shape index (κ2) is 7.31. The number of hydrogen-bond donors (Lipinski definition) is 2. The normalized spacial score (nSPS) is 12.1. The van der Waals surface area contributed by atoms with Crippen LogP contribution in [0.2, 0.25) is 0 Å². The van der Waals surface area contributed by atoms with Gasteiger partial charge in [0.05, 0.1) is 23.2 Å². The number of nitrogens with two attached hydrogens (primary N) is 1. The third kappa shape index (κ3) is 4.04. The van der Waals surface area contributed by atoms with Crippen LogP contribution in [0, 0.1) is 0 Å². The molecule has 2 aromatic carbocycles. The zero-order chi connectivity index (χ0) is 20.6. The van der Waals surface area contributed by atoms with E-state index in [1.807, 2.05) is 18.4 Å². The van der Waals surface area contributed by atoms with E-state index in [1.54, 1.807) is 36.4 Å². The number of ether oxygens (including phenoxy) is 1. The molecule has 0 spiro atoms. The summed E-state index contributed by atoms with van der Waals surface area (Å²) in [5.74, 6) is 0.0566. The Morgan fingerprint density at radius 1 is 1.11 bits per heavy atom. The number of alkyl halides is 2. The fourth-order valence-electron chi connectivity index (χ4n) is 3.23. The molecule has 0 saturated carbocycles. The quantitative estimate of drug-likeness (QED) is 0.630. The van der Waals surface area contributed by atoms with E-state index >= 15 is 0 Å². The van der Waals surface area contributed by atoms with Crippen molar-refractivity contribution in [2.45, 2.75) is 26.5 Å². The first kappa shape index (κ1) is 19.9. The van der Waals surface area contributed by atoms with Gasteiger partial charge in [-0.2, -0.15) is 8.78 Å². The van der Waals surface area contributed by atoms with Crippen LogP contribution in [0.3, 0.4) is 0 Å². The van der Waals surface area contributed by atoms with E-state index in [0.29, 0.717) is 16.9 Å². The lowest BCUT2D eigenvalue weighted by molar-refractivity contribution is -0.0497. The van der Waals surface area contributed by atoms with E-state index in [4.69, 9.17) is 5.73 Å². The second-order valence-electron chi connectivity index (χ2n) is 6.74. The van der Waals surface area contributed by atoms with Gasteiger partial charge in [-0.05, 0) is 38.1 Å². The van der Waals surface area contributed by atoms with Crippen LogP contribution in [0.25, 0.3) is 22.2 Å². The van der Waals surface area contributed by atoms with Gasteiger partial charge in [-0.15, -0.1) is 0 Å². The molecule has 0 radical (unpaired) electrons. The van der Waals surface area contributed by atoms with Gasteiger partial charge >= 0.3 is 6.61 Å². The van der Waals surface area contributed by atoms with Crippen LogP contribution in [-0.4, -0.2) is 25.9 Å². The van der Waals surface area contributed by atoms with Gasteiger partial charge in [0, 0.05) is 28.7 Å². The van der Waals surface area contributed by atoms with Crippen molar-refractivity contribution in [3.8, 4) is 17.0 Å². The van der Waals surface area contributed by atoms with Gasteiger partial charge in [0.15, 0.2) is 0 Å². The Kier molecular flexibility index (Phi) is 5.20. The van der Waals surface area contributed by atoms with E-state index in [1.165, 1.54) is 6.07 Å². The number of benzene rings is 2. The standard InChI is InChI=1S/C19H21F2N3O3S/c1-11(2)24-16-10-14(27-19(20)21)8-9-15(16)17(22)18(24)12-4-6-13(7-5-12)23-28(3,25)26/h4-11,19,23H,22H2,1-3H3. The Labute approximate surface area is 162 Å². The van der Waals surface area contributed by atoms with Gasteiger partial charge < -0.3 is 15.0 Å². The fourth-order valence-corrected chi connectivity index (χ4v) is 3.80. The van der Waals surface area contributed by atoms with Crippen molar-refractivity contribution >= 4 is 32.3 Å². The monoisotopic (exact) mass is 409 g/mol. The number of halogens is 2. The van der Waals surface area contributed by atoms with Gasteiger partial charge in [-0.1, -0.05) is 12.1 Å². The molecule has 0 atom stereocenters. The molecular weight excluding hydrogens is 388 g/mol. The van der Waals surface area contributed by atoms with Crippen molar-refractivity contribution in [3.63, 3.8) is 0 Å². The summed E-state index contributed by atoms with van der Waals surface area (Å²) in [6.07, 6.45) is 1.08. The number of hydrogen-bond acceptors (Lipinski definition) is 4. The van der Waals surface area contributed by atoms with Crippen LogP contribution in [-0.2, 0) is 10.0 Å². The zero-order valence-corrected chi connectivity index (χ0v) is 16.4. The maximum absolute atomic E-state index is 12.6. The van der Waals surface area contributed by atoms with E-state index in [0.717, 1.165) is 22.9 Å². The van der Waals surface area contributed by atoms with Crippen molar-refractivity contribution in [1.82, 2.24) is 4.57 Å². The molecule has 3 N–H and O–H groups in total. The van der Waals surface area contributed by atoms with Crippen molar-refractivity contribution < 1.29 is 21.9 Å². The summed E-state index contributed by atoms with van der Waals surface area (Å²) in [5, 5.41) is 0.726. The minimum absolute atomic E-state index is 0.00887. The molecule has 3 aromatic rings. The molecule has 0 unspecified atom stereocenters. The summed E-state index contributed by atoms with van der Waals surface area (Å²) in [6, 6.07) is 11.4. The molecule has 0 saturated heterocycles. The lowest BCUT2D eigenvalue weighted by Gasteiger charge is -2.16. The maximum Gasteiger partial charge on any atom is 0.387 e. The van der Waals surface area contributed by atoms with Gasteiger partial charge in [-0.25, -0.2) is 8.42 Å². The van der Waals surface area contributed by atoms with Crippen LogP contribution < -0.4 is 15.2 Å². The molecule has 28 heavy (non-hydrogen) atoms. The number of aromatic nitrogens is 1. The number of rotatable bonds is 6. The molecule has 0 aliphatic heterocycles. The van der Waals surface area contributed by atoms with Crippen molar-refractivity contribution in [3.05, 3.63) is 42.5 Å². The van der Waals surface area contributed by atoms with Gasteiger partial charge in [-0.3, -0.25) is 4.72 Å². The molecular formula is C19H21F2N3O3S. The number of anilines is 2. The van der Waals surface area contributed by atoms with Crippen LogP contribution in [0.1, 0.15) is 19.9 Å². The Morgan fingerprint density at radius 2 is 1.75 bits per heavy atom. The average molecular weight is 409 g/mol. The third-order valence-electron chi connectivity index (χ3n) is 4.22. The first-order chi connectivity index (χ1) is 13.1. The molecule has 1 heterocycles. The highest BCUT2D eigenvalue weighted by Crippen LogP contribution is 2.40. The van der Waals surface area contributed by atoms with Crippen molar-refractivity contribution in [2.75, 3.05) is 16.7 Å². The topological polar surface area (TPSA) is 86.4 Å². The molecule has 0 fully saturated rings. The summed E-state index contributed by atoms with van der Waals surface area (Å²) < 4.78 is 56.8. The van der Waals surface area contributed by atoms with Gasteiger partial charge in [0.1, 0.15) is 5.75 Å². The molecule has 150 valence electrons. The molecule has 1 aromatic heterocycles. The number of fused-ring (bicyclic) bond motifs is 1. The maximum atomic E-state index is 12.6. The average Bonchev–Trinajstić information content (AvgIpc) is 2.86. The molecule has 0 aliphatic rings. The van der Waals surface area contributed by atoms with Gasteiger partial charge in [0.2, 0.25) is 10.0 Å². The summed E-state index contributed by atoms with van der Waals surface area (Å²) in [6.45, 7) is 1.01. The highest BCUT2D eigenvalue weighted by molar-refractivity contribution is 7.92. The fraction of sp³-hybridized carbons (Fsp3) is 0.263. The highest BCUT2D eigenvalue weighted by Gasteiger charge is 2.20. The van der Waals surface area contributed by atoms with Gasteiger partial charge in [0.25, 0.3) is 0 Å². The largest absolute Gasteiger partial charge is 0.435 e. The molecule has 3 rings (SSSR count). The third-order valence-corrected chi connectivity index (χ3v) is 4.82. The van der Waals surface area contributed by atoms with Crippen molar-refractivity contribution in [2.24, 2.45) is 0 Å². The van der Waals surface area contributed by atoms with Crippen molar-refractivity contribution in [1.29, 1.82) is 0 Å². The predicted molar refractivity (Wildman–Crippen MR) is 107 cm³/mol. The Bertz CT molecular complexity index is 1110. The van der Waals surface area contributed by atoms with Crippen LogP contribution in [0.15, 0.2) is 42.5 Å². The van der Waals surface area contributed by atoms with Crippen LogP contribution in [0.4, 0.5) is 20.2 Å². The number of nitrogens with one attached hydrogen (secondary N) is 1. The number of nitrogens with zero attached hydrogens (tertiary/aromatic N) is 1. The van der Waals surface area contributed by atoms with E-state index < -0.39 is 16.6 Å². The second-order valence-corrected chi connectivity index (χ2v) is 8.48. The predicted octanol–water partition coefficient (Wildman–Crippen LogP) is 4.44. The molecule has 9 heteroatoms. The SMILES string of the molecule is CC(C)n1c(-c2ccc(NS(C)(=O)=O)cc2)c(N)c2ccc(OC(F)F)cc21. The summed E-state index contributed by atoms with van der Waals surface area (Å²) in [7, 11) is -3.37. The molecule has 0 aliphatic carbocycles. The molecule has 0 bridgehead atoms. The number of sulfonamides is 1. The molecule has 6 nitrogen and oxygen atoms in total. The minimum atomic E-state index is -3.37. The Morgan fingerprint density at radius 3 is 2.29 bits per heavy atom. The van der Waals surface area contributed by atoms with E-state index in [9.17, 15) is 17.2 Å². The first-order valence-electron chi connectivity index (χ1n) is 8.53. The highest BCUT2D eigenvalue weighted by atomic mass is 32.2. The minimum Gasteiger partial charge on any atom is -0.435 e. The Hall–Kier alpha value is -2.81. The van der Waals surface area contributed by atoms with E-state index in [-0.39, 0.29) is 11.8 Å².